The van der Waals surface area contributed by atoms with Crippen LogP contribution < -0.4 is 15.4 Å². The van der Waals surface area contributed by atoms with Gasteiger partial charge in [-0.3, -0.25) is 5.41 Å². The van der Waals surface area contributed by atoms with Gasteiger partial charge in [0.1, 0.15) is 23.5 Å². The summed E-state index contributed by atoms with van der Waals surface area (Å²) in [6, 6.07) is 7.42. The predicted octanol–water partition coefficient (Wildman–Crippen LogP) is 3.56. The molecule has 0 bridgehead atoms. The lowest BCUT2D eigenvalue weighted by atomic mass is 9.99. The number of hydrogen-bond acceptors (Lipinski definition) is 7. The second kappa shape index (κ2) is 7.23. The number of hydrogen-bond donors (Lipinski definition) is 2. The molecule has 3 N–H and O–H groups in total. The van der Waals surface area contributed by atoms with Crippen molar-refractivity contribution in [3.63, 3.8) is 0 Å². The molecule has 1 saturated heterocycles. The number of morpholine rings is 1. The molecule has 0 radical (unpaired) electrons. The number of nitrogens with one attached hydrogen (secondary N) is 1. The van der Waals surface area contributed by atoms with Crippen molar-refractivity contribution < 1.29 is 9.47 Å². The fraction of sp³-hybridized carbons (Fsp3) is 0.522. The zero-order chi connectivity index (χ0) is 20.8. The second-order valence-electron chi connectivity index (χ2n) is 9.10. The number of anilines is 2. The van der Waals surface area contributed by atoms with Crippen molar-refractivity contribution in [1.82, 2.24) is 9.97 Å². The van der Waals surface area contributed by atoms with E-state index in [1.165, 1.54) is 19.2 Å². The first-order valence-electron chi connectivity index (χ1n) is 10.8. The summed E-state index contributed by atoms with van der Waals surface area (Å²) in [6.45, 7) is 4.46. The minimum atomic E-state index is -0.0792. The van der Waals surface area contributed by atoms with Crippen LogP contribution in [0.4, 0.5) is 11.5 Å². The Bertz CT molecular complexity index is 966. The number of ether oxygens (including phenoxy) is 2. The smallest absolute Gasteiger partial charge is 0.132 e. The van der Waals surface area contributed by atoms with E-state index in [1.54, 1.807) is 6.07 Å². The third kappa shape index (κ3) is 3.74. The third-order valence-corrected chi connectivity index (χ3v) is 6.61. The van der Waals surface area contributed by atoms with E-state index in [9.17, 15) is 0 Å². The maximum atomic E-state index is 8.76. The van der Waals surface area contributed by atoms with E-state index in [2.05, 4.69) is 21.8 Å². The average Bonchev–Trinajstić information content (AvgIpc) is 3.32. The monoisotopic (exact) mass is 407 g/mol. The number of nitrogen functional groups attached to an aromatic ring is 1. The molecule has 0 amide bonds. The van der Waals surface area contributed by atoms with Crippen LogP contribution in [0.1, 0.15) is 56.7 Å². The summed E-state index contributed by atoms with van der Waals surface area (Å²) in [5.74, 6) is 1.59. The van der Waals surface area contributed by atoms with Gasteiger partial charge in [0.05, 0.1) is 23.6 Å². The van der Waals surface area contributed by atoms with Gasteiger partial charge in [0.15, 0.2) is 0 Å². The largest absolute Gasteiger partial charge is 0.488 e. The highest BCUT2D eigenvalue weighted by molar-refractivity contribution is 6.13. The Kier molecular flexibility index (Phi) is 4.65. The minimum absolute atomic E-state index is 0.0358. The minimum Gasteiger partial charge on any atom is -0.488 e. The van der Waals surface area contributed by atoms with E-state index in [-0.39, 0.29) is 16.9 Å². The molecule has 1 aromatic carbocycles. The van der Waals surface area contributed by atoms with Crippen molar-refractivity contribution in [2.45, 2.75) is 56.7 Å². The van der Waals surface area contributed by atoms with Gasteiger partial charge in [-0.25, -0.2) is 9.97 Å². The van der Waals surface area contributed by atoms with Gasteiger partial charge in [-0.2, -0.15) is 0 Å². The molecule has 7 heteroatoms. The zero-order valence-corrected chi connectivity index (χ0v) is 17.5. The topological polar surface area (TPSA) is 97.4 Å². The van der Waals surface area contributed by atoms with Crippen LogP contribution in [0.3, 0.4) is 0 Å². The molecule has 7 nitrogen and oxygen atoms in total. The van der Waals surface area contributed by atoms with E-state index in [4.69, 9.17) is 20.6 Å². The fourth-order valence-corrected chi connectivity index (χ4v) is 4.53. The van der Waals surface area contributed by atoms with E-state index in [1.807, 2.05) is 18.2 Å². The molecular weight excluding hydrogens is 378 g/mol. The van der Waals surface area contributed by atoms with E-state index in [0.717, 1.165) is 50.3 Å². The first-order chi connectivity index (χ1) is 14.5. The van der Waals surface area contributed by atoms with Crippen LogP contribution in [0.5, 0.6) is 5.75 Å². The molecule has 1 aromatic heterocycles. The van der Waals surface area contributed by atoms with Gasteiger partial charge in [0.2, 0.25) is 0 Å². The molecule has 30 heavy (non-hydrogen) atoms. The van der Waals surface area contributed by atoms with Gasteiger partial charge >= 0.3 is 0 Å². The Morgan fingerprint density at radius 1 is 1.17 bits per heavy atom. The summed E-state index contributed by atoms with van der Waals surface area (Å²) in [5, 5.41) is 8.76. The maximum absolute atomic E-state index is 8.76. The van der Waals surface area contributed by atoms with Crippen molar-refractivity contribution in [3.8, 4) is 5.75 Å². The van der Waals surface area contributed by atoms with Gasteiger partial charge in [-0.1, -0.05) is 12.8 Å². The van der Waals surface area contributed by atoms with Gasteiger partial charge in [-0.15, -0.1) is 0 Å². The van der Waals surface area contributed by atoms with Crippen molar-refractivity contribution >= 4 is 17.2 Å². The number of nitrogens with zero attached hydrogens (tertiary/aromatic N) is 3. The summed E-state index contributed by atoms with van der Waals surface area (Å²) >= 11 is 0. The number of aromatic nitrogens is 2. The van der Waals surface area contributed by atoms with Gasteiger partial charge in [0.25, 0.3) is 0 Å². The highest BCUT2D eigenvalue weighted by Crippen LogP contribution is 2.40. The van der Waals surface area contributed by atoms with Crippen LogP contribution in [-0.2, 0) is 4.74 Å². The molecule has 2 aliphatic carbocycles. The van der Waals surface area contributed by atoms with Gasteiger partial charge in [0, 0.05) is 30.4 Å². The van der Waals surface area contributed by atoms with Crippen LogP contribution in [0, 0.1) is 5.41 Å². The molecule has 1 aliphatic heterocycles. The Morgan fingerprint density at radius 2 is 1.97 bits per heavy atom. The maximum Gasteiger partial charge on any atom is 0.132 e. The molecule has 3 fully saturated rings. The van der Waals surface area contributed by atoms with E-state index >= 15 is 0 Å². The van der Waals surface area contributed by atoms with E-state index < -0.39 is 0 Å². The highest BCUT2D eigenvalue weighted by Gasteiger charge is 2.40. The molecule has 158 valence electrons. The molecule has 0 unspecified atom stereocenters. The molecule has 2 aromatic rings. The fourth-order valence-electron chi connectivity index (χ4n) is 4.53. The summed E-state index contributed by atoms with van der Waals surface area (Å²) in [7, 11) is 0. The highest BCUT2D eigenvalue weighted by atomic mass is 16.5. The molecular formula is C23H29N5O2. The number of benzene rings is 1. The van der Waals surface area contributed by atoms with E-state index in [0.29, 0.717) is 23.6 Å². The van der Waals surface area contributed by atoms with Gasteiger partial charge < -0.3 is 20.1 Å². The Labute approximate surface area is 177 Å². The SMILES string of the molecule is CC1(Oc2ccc(N)c(C(=N)c3cc(N4CCOC5(CCCC5)C4)ncn3)c2)CC1. The molecule has 2 saturated carbocycles. The summed E-state index contributed by atoms with van der Waals surface area (Å²) < 4.78 is 12.2. The van der Waals surface area contributed by atoms with Crippen molar-refractivity contribution in [2.75, 3.05) is 30.3 Å². The van der Waals surface area contributed by atoms with Crippen LogP contribution in [0.25, 0.3) is 0 Å². The number of rotatable bonds is 5. The summed E-state index contributed by atoms with van der Waals surface area (Å²) in [4.78, 5) is 11.1. The molecule has 1 spiro atoms. The zero-order valence-electron chi connectivity index (χ0n) is 17.5. The summed E-state index contributed by atoms with van der Waals surface area (Å²) in [5.41, 5.74) is 8.11. The summed E-state index contributed by atoms with van der Waals surface area (Å²) in [6.07, 6.45) is 8.33. The first kappa shape index (κ1) is 19.3. The molecule has 0 atom stereocenters. The van der Waals surface area contributed by atoms with Crippen LogP contribution in [0.15, 0.2) is 30.6 Å². The Balaban J connectivity index is 1.38. The Hall–Kier alpha value is -2.67. The normalized spacial score (nSPS) is 21.6. The molecule has 3 aliphatic rings. The third-order valence-electron chi connectivity index (χ3n) is 6.61. The molecule has 2 heterocycles. The van der Waals surface area contributed by atoms with Crippen LogP contribution in [0.2, 0.25) is 0 Å². The lowest BCUT2D eigenvalue weighted by Crippen LogP contribution is -2.50. The average molecular weight is 408 g/mol. The van der Waals surface area contributed by atoms with Crippen LogP contribution in [-0.4, -0.2) is 46.6 Å². The second-order valence-corrected chi connectivity index (χ2v) is 9.10. The standard InChI is InChI=1S/C23H29N5O2/c1-22(8-9-22)30-16-4-5-18(24)17(12-16)21(25)19-13-20(27-15-26-19)28-10-11-29-23(14-28)6-2-3-7-23/h4-5,12-13,15,25H,2-3,6-11,14,24H2,1H3. The van der Waals surface area contributed by atoms with Crippen molar-refractivity contribution in [1.29, 1.82) is 5.41 Å². The van der Waals surface area contributed by atoms with Crippen molar-refractivity contribution in [2.24, 2.45) is 0 Å². The predicted molar refractivity (Wildman–Crippen MR) is 116 cm³/mol. The number of nitrogens with two attached hydrogens (primary N) is 1. The Morgan fingerprint density at radius 3 is 2.73 bits per heavy atom. The molecule has 5 rings (SSSR count). The van der Waals surface area contributed by atoms with Crippen LogP contribution >= 0.6 is 0 Å². The lowest BCUT2D eigenvalue weighted by molar-refractivity contribution is -0.0503. The first-order valence-corrected chi connectivity index (χ1v) is 10.8. The lowest BCUT2D eigenvalue weighted by Gasteiger charge is -2.41. The van der Waals surface area contributed by atoms with Gasteiger partial charge in [-0.05, 0) is 50.8 Å². The van der Waals surface area contributed by atoms with Crippen molar-refractivity contribution in [3.05, 3.63) is 41.9 Å². The quantitative estimate of drug-likeness (QED) is 0.581.